The Labute approximate surface area is 119 Å². The standard InChI is InChI=1S/C14H14Br2N/c1-11-3-7-13(8-4-11)17(15,16)14-9-5-12(2)6-10-14/h3-10H,1-2H3/q+1. The zero-order valence-corrected chi connectivity index (χ0v) is 13.0. The van der Waals surface area contributed by atoms with E-state index in [1.165, 1.54) is 11.1 Å². The van der Waals surface area contributed by atoms with Crippen molar-refractivity contribution in [2.75, 3.05) is 0 Å². The minimum Gasteiger partial charge on any atom is -0.125 e. The molecule has 0 atom stereocenters. The van der Waals surface area contributed by atoms with Gasteiger partial charge in [-0.25, -0.2) is 0 Å². The molecule has 1 nitrogen and oxygen atoms in total. The smallest absolute Gasteiger partial charge is 0.125 e. The molecule has 0 unspecified atom stereocenters. The molecule has 88 valence electrons. The van der Waals surface area contributed by atoms with Crippen molar-refractivity contribution in [3.05, 3.63) is 59.7 Å². The molecule has 3 heteroatoms. The van der Waals surface area contributed by atoms with Gasteiger partial charge in [0.15, 0.2) is 11.4 Å². The van der Waals surface area contributed by atoms with Gasteiger partial charge in [-0.15, -0.1) is 2.54 Å². The van der Waals surface area contributed by atoms with Crippen LogP contribution in [0.5, 0.6) is 0 Å². The van der Waals surface area contributed by atoms with Gasteiger partial charge >= 0.3 is 0 Å². The van der Waals surface area contributed by atoms with E-state index in [9.17, 15) is 0 Å². The van der Waals surface area contributed by atoms with Crippen LogP contribution in [0.3, 0.4) is 0 Å². The second-order valence-electron chi connectivity index (χ2n) is 4.18. The fraction of sp³-hybridized carbons (Fsp3) is 0.143. The summed E-state index contributed by atoms with van der Waals surface area (Å²) >= 11 is 7.40. The molecule has 0 aliphatic rings. The maximum atomic E-state index is 3.70. The van der Waals surface area contributed by atoms with Crippen LogP contribution >= 0.6 is 32.3 Å². The van der Waals surface area contributed by atoms with Gasteiger partial charge < -0.3 is 0 Å². The van der Waals surface area contributed by atoms with Crippen molar-refractivity contribution in [1.82, 2.24) is 2.54 Å². The number of aryl methyl sites for hydroxylation is 2. The number of rotatable bonds is 2. The van der Waals surface area contributed by atoms with E-state index < -0.39 is 0 Å². The monoisotopic (exact) mass is 354 g/mol. The van der Waals surface area contributed by atoms with Gasteiger partial charge in [0.05, 0.1) is 0 Å². The number of quaternary nitrogens is 1. The van der Waals surface area contributed by atoms with E-state index in [2.05, 4.69) is 94.7 Å². The van der Waals surface area contributed by atoms with E-state index in [0.717, 1.165) is 11.4 Å². The summed E-state index contributed by atoms with van der Waals surface area (Å²) < 4.78 is 0.403. The molecule has 0 spiro atoms. The maximum absolute atomic E-state index is 3.70. The first-order chi connectivity index (χ1) is 8.00. The van der Waals surface area contributed by atoms with E-state index in [0.29, 0.717) is 2.54 Å². The molecule has 0 saturated heterocycles. The lowest BCUT2D eigenvalue weighted by molar-refractivity contribution is 1.03. The Bertz CT molecular complexity index is 453. The number of nitrogens with zero attached hydrogens (tertiary/aromatic N) is 1. The molecule has 0 radical (unpaired) electrons. The molecule has 0 bridgehead atoms. The van der Waals surface area contributed by atoms with E-state index in [-0.39, 0.29) is 0 Å². The number of benzene rings is 2. The zero-order valence-electron chi connectivity index (χ0n) is 9.82. The zero-order chi connectivity index (χ0) is 12.5. The van der Waals surface area contributed by atoms with Gasteiger partial charge in [0.1, 0.15) is 0 Å². The average molecular weight is 356 g/mol. The minimum atomic E-state index is 0.403. The first kappa shape index (κ1) is 12.8. The van der Waals surface area contributed by atoms with Crippen molar-refractivity contribution in [3.63, 3.8) is 0 Å². The fourth-order valence-corrected chi connectivity index (χ4v) is 2.56. The molecule has 0 amide bonds. The van der Waals surface area contributed by atoms with Crippen LogP contribution in [-0.2, 0) is 0 Å². The summed E-state index contributed by atoms with van der Waals surface area (Å²) in [5.41, 5.74) is 4.80. The quantitative estimate of drug-likeness (QED) is 0.618. The summed E-state index contributed by atoms with van der Waals surface area (Å²) in [4.78, 5) is 0. The first-order valence-electron chi connectivity index (χ1n) is 5.43. The highest BCUT2D eigenvalue weighted by atomic mass is 79.9. The molecule has 0 N–H and O–H groups in total. The van der Waals surface area contributed by atoms with Gasteiger partial charge in [-0.2, -0.15) is 0 Å². The van der Waals surface area contributed by atoms with Crippen molar-refractivity contribution in [3.8, 4) is 0 Å². The summed E-state index contributed by atoms with van der Waals surface area (Å²) in [6.07, 6.45) is 0. The lowest BCUT2D eigenvalue weighted by Crippen LogP contribution is -2.17. The number of hydrogen-bond acceptors (Lipinski definition) is 0. The van der Waals surface area contributed by atoms with Crippen molar-refractivity contribution in [2.24, 2.45) is 0 Å². The van der Waals surface area contributed by atoms with Gasteiger partial charge in [0.2, 0.25) is 0 Å². The second kappa shape index (κ2) is 4.92. The highest BCUT2D eigenvalue weighted by molar-refractivity contribution is 9.23. The van der Waals surface area contributed by atoms with Gasteiger partial charge in [-0.1, -0.05) is 35.4 Å². The molecule has 17 heavy (non-hydrogen) atoms. The fourth-order valence-electron chi connectivity index (χ4n) is 1.61. The predicted molar refractivity (Wildman–Crippen MR) is 81.7 cm³/mol. The van der Waals surface area contributed by atoms with Crippen molar-refractivity contribution >= 4 is 43.7 Å². The second-order valence-corrected chi connectivity index (χ2v) is 7.26. The van der Waals surface area contributed by atoms with E-state index in [1.807, 2.05) is 0 Å². The van der Waals surface area contributed by atoms with Crippen LogP contribution in [0.1, 0.15) is 11.1 Å². The summed E-state index contributed by atoms with van der Waals surface area (Å²) in [7, 11) is 0. The largest absolute Gasteiger partial charge is 0.251 e. The third-order valence-electron chi connectivity index (χ3n) is 2.72. The highest BCUT2D eigenvalue weighted by Crippen LogP contribution is 2.43. The number of halogens is 2. The lowest BCUT2D eigenvalue weighted by atomic mass is 10.2. The molecular weight excluding hydrogens is 342 g/mol. The van der Waals surface area contributed by atoms with Crippen molar-refractivity contribution in [1.29, 1.82) is 0 Å². The highest BCUT2D eigenvalue weighted by Gasteiger charge is 2.29. The summed E-state index contributed by atoms with van der Waals surface area (Å²) in [5.74, 6) is 0. The molecule has 2 aromatic carbocycles. The van der Waals surface area contributed by atoms with E-state index in [4.69, 9.17) is 0 Å². The van der Waals surface area contributed by atoms with Crippen LogP contribution < -0.4 is 2.54 Å². The van der Waals surface area contributed by atoms with Crippen molar-refractivity contribution in [2.45, 2.75) is 13.8 Å². The summed E-state index contributed by atoms with van der Waals surface area (Å²) in [6, 6.07) is 16.9. The molecule has 0 aliphatic carbocycles. The Morgan fingerprint density at radius 3 is 1.24 bits per heavy atom. The molecule has 2 aromatic rings. The van der Waals surface area contributed by atoms with Crippen molar-refractivity contribution < 1.29 is 0 Å². The Morgan fingerprint density at radius 1 is 0.647 bits per heavy atom. The van der Waals surface area contributed by atoms with Crippen LogP contribution in [0.25, 0.3) is 0 Å². The predicted octanol–water partition coefficient (Wildman–Crippen LogP) is 5.56. The molecule has 0 aromatic heterocycles. The maximum Gasteiger partial charge on any atom is 0.251 e. The summed E-state index contributed by atoms with van der Waals surface area (Å²) in [6.45, 7) is 4.18. The third-order valence-corrected chi connectivity index (χ3v) is 4.35. The van der Waals surface area contributed by atoms with Gasteiger partial charge in [0.25, 0.3) is 32.3 Å². The molecule has 0 fully saturated rings. The SMILES string of the molecule is Cc1ccc([N+](Br)(Br)c2ccc(C)cc2)cc1. The van der Waals surface area contributed by atoms with Crippen LogP contribution in [0, 0.1) is 13.8 Å². The van der Waals surface area contributed by atoms with Crippen LogP contribution in [0.2, 0.25) is 0 Å². The Hall–Kier alpha value is -0.640. The molecule has 0 aliphatic heterocycles. The van der Waals surface area contributed by atoms with Crippen LogP contribution in [-0.4, -0.2) is 0 Å². The van der Waals surface area contributed by atoms with Gasteiger partial charge in [-0.3, -0.25) is 0 Å². The molecule has 0 heterocycles. The van der Waals surface area contributed by atoms with E-state index >= 15 is 0 Å². The lowest BCUT2D eigenvalue weighted by Gasteiger charge is -2.20. The van der Waals surface area contributed by atoms with E-state index in [1.54, 1.807) is 0 Å². The first-order valence-corrected chi connectivity index (χ1v) is 6.85. The van der Waals surface area contributed by atoms with Gasteiger partial charge in [0, 0.05) is 24.3 Å². The normalized spacial score (nSPS) is 11.5. The third kappa shape index (κ3) is 2.79. The Kier molecular flexibility index (Phi) is 3.71. The summed E-state index contributed by atoms with van der Waals surface area (Å²) in [5, 5.41) is 0. The number of hydrogen-bond donors (Lipinski definition) is 0. The van der Waals surface area contributed by atoms with Crippen LogP contribution in [0.4, 0.5) is 11.4 Å². The minimum absolute atomic E-state index is 0.403. The Morgan fingerprint density at radius 2 is 0.941 bits per heavy atom. The molecular formula is C14H14Br2N+. The van der Waals surface area contributed by atoms with Crippen LogP contribution in [0.15, 0.2) is 48.5 Å². The van der Waals surface area contributed by atoms with Gasteiger partial charge in [-0.05, 0) is 13.8 Å². The average Bonchev–Trinajstić information content (AvgIpc) is 2.30. The topological polar surface area (TPSA) is 0 Å². The molecule has 2 rings (SSSR count). The Balaban J connectivity index is 2.41. The molecule has 0 saturated carbocycles.